The third kappa shape index (κ3) is 5.32. The van der Waals surface area contributed by atoms with E-state index in [0.717, 1.165) is 11.0 Å². The Morgan fingerprint density at radius 3 is 1.85 bits per heavy atom. The fourth-order valence-corrected chi connectivity index (χ4v) is 4.42. The number of hydrogen-bond acceptors (Lipinski definition) is 7. The smallest absolute Gasteiger partial charge is 0.233 e. The summed E-state index contributed by atoms with van der Waals surface area (Å²) in [4.78, 5) is 21.3. The number of aromatic nitrogens is 5. The Morgan fingerprint density at radius 1 is 0.676 bits per heavy atom. The van der Waals surface area contributed by atoms with Crippen LogP contribution >= 0.6 is 58.2 Å². The summed E-state index contributed by atoms with van der Waals surface area (Å²) in [6, 6.07) is 17.8. The number of H-pyrrole nitrogens is 1. The van der Waals surface area contributed by atoms with Crippen LogP contribution in [0.1, 0.15) is 0 Å². The molecule has 0 bridgehead atoms. The number of fused-ring (bicyclic) bond motifs is 1. The minimum atomic E-state index is 0.249. The second kappa shape index (κ2) is 9.85. The average Bonchev–Trinajstić information content (AvgIpc) is 3.21. The Hall–Kier alpha value is -2.75. The van der Waals surface area contributed by atoms with Crippen LogP contribution in [-0.4, -0.2) is 24.9 Å². The first kappa shape index (κ1) is 23.0. The van der Waals surface area contributed by atoms with Gasteiger partial charge in [-0.05, 0) is 60.3 Å². The van der Waals surface area contributed by atoms with Gasteiger partial charge in [0.05, 0.1) is 32.5 Å². The van der Waals surface area contributed by atoms with Crippen molar-refractivity contribution in [3.8, 4) is 0 Å². The highest BCUT2D eigenvalue weighted by Gasteiger charge is 2.14. The summed E-state index contributed by atoms with van der Waals surface area (Å²) >= 11 is 26.1. The molecule has 0 aliphatic carbocycles. The summed E-state index contributed by atoms with van der Waals surface area (Å²) < 4.78 is 0. The van der Waals surface area contributed by atoms with Gasteiger partial charge in [0.1, 0.15) is 0 Å². The third-order valence-corrected chi connectivity index (χ3v) is 6.40. The summed E-state index contributed by atoms with van der Waals surface area (Å²) in [6.45, 7) is 0. The van der Waals surface area contributed by atoms with Gasteiger partial charge in [-0.1, -0.05) is 58.5 Å². The van der Waals surface area contributed by atoms with Gasteiger partial charge < -0.3 is 15.6 Å². The number of nitrogens with one attached hydrogen (secondary N) is 3. The van der Waals surface area contributed by atoms with E-state index in [1.54, 1.807) is 36.4 Å². The molecule has 34 heavy (non-hydrogen) atoms. The largest absolute Gasteiger partial charge is 0.333 e. The van der Waals surface area contributed by atoms with E-state index in [2.05, 4.69) is 35.6 Å². The zero-order valence-electron chi connectivity index (χ0n) is 17.0. The van der Waals surface area contributed by atoms with Crippen LogP contribution in [0.5, 0.6) is 0 Å². The quantitative estimate of drug-likeness (QED) is 0.198. The number of rotatable bonds is 6. The molecule has 0 spiro atoms. The Kier molecular flexibility index (Phi) is 6.67. The predicted octanol–water partition coefficient (Wildman–Crippen LogP) is 8.00. The molecule has 5 aromatic rings. The van der Waals surface area contributed by atoms with Crippen molar-refractivity contribution in [3.05, 3.63) is 80.8 Å². The second-order valence-electron chi connectivity index (χ2n) is 6.92. The van der Waals surface area contributed by atoms with Gasteiger partial charge in [0, 0.05) is 10.0 Å². The van der Waals surface area contributed by atoms with Crippen LogP contribution in [0.15, 0.2) is 71.0 Å². The number of imidazole rings is 1. The van der Waals surface area contributed by atoms with E-state index >= 15 is 0 Å². The Morgan fingerprint density at radius 2 is 1.26 bits per heavy atom. The Bertz CT molecular complexity index is 1400. The number of halogens is 4. The van der Waals surface area contributed by atoms with Gasteiger partial charge in [0.15, 0.2) is 5.16 Å². The van der Waals surface area contributed by atoms with Crippen molar-refractivity contribution in [2.24, 2.45) is 0 Å². The van der Waals surface area contributed by atoms with Crippen molar-refractivity contribution in [1.82, 2.24) is 24.9 Å². The third-order valence-electron chi connectivity index (χ3n) is 4.52. The number of benzene rings is 3. The molecule has 0 radical (unpaired) electrons. The molecule has 0 atom stereocenters. The minimum Gasteiger partial charge on any atom is -0.333 e. The van der Waals surface area contributed by atoms with Crippen molar-refractivity contribution in [3.63, 3.8) is 0 Å². The topological polar surface area (TPSA) is 91.4 Å². The molecule has 170 valence electrons. The fourth-order valence-electron chi connectivity index (χ4n) is 3.01. The molecule has 0 aliphatic rings. The van der Waals surface area contributed by atoms with Gasteiger partial charge >= 0.3 is 0 Å². The Balaban J connectivity index is 1.52. The van der Waals surface area contributed by atoms with Crippen LogP contribution in [0.25, 0.3) is 11.0 Å². The van der Waals surface area contributed by atoms with Crippen LogP contribution in [-0.2, 0) is 0 Å². The zero-order chi connectivity index (χ0) is 23.7. The van der Waals surface area contributed by atoms with Gasteiger partial charge in [-0.2, -0.15) is 15.0 Å². The predicted molar refractivity (Wildman–Crippen MR) is 140 cm³/mol. The maximum atomic E-state index is 6.31. The standard InChI is InChI=1S/C22H13Cl4N7S/c23-11-5-7-13(25)17(9-11)27-19-31-20(28-18-10-12(24)6-8-14(18)26)33-22(32-19)34-21-29-15-3-1-2-4-16(15)30-21/h1-10H,(H,29,30)(H2,27,28,31,32,33). The lowest BCUT2D eigenvalue weighted by Crippen LogP contribution is -2.05. The fraction of sp³-hybridized carbons (Fsp3) is 0. The van der Waals surface area contributed by atoms with Crippen molar-refractivity contribution < 1.29 is 0 Å². The first-order valence-corrected chi connectivity index (χ1v) is 12.1. The summed E-state index contributed by atoms with van der Waals surface area (Å²) in [6.07, 6.45) is 0. The van der Waals surface area contributed by atoms with Crippen molar-refractivity contribution in [2.45, 2.75) is 10.3 Å². The summed E-state index contributed by atoms with van der Waals surface area (Å²) in [7, 11) is 0. The summed E-state index contributed by atoms with van der Waals surface area (Å²) in [5.74, 6) is 0.497. The van der Waals surface area contributed by atoms with E-state index in [1.165, 1.54) is 11.8 Å². The van der Waals surface area contributed by atoms with Crippen molar-refractivity contribution in [1.29, 1.82) is 0 Å². The lowest BCUT2D eigenvalue weighted by atomic mass is 10.3. The number of nitrogens with zero attached hydrogens (tertiary/aromatic N) is 4. The van der Waals surface area contributed by atoms with Crippen LogP contribution in [0.3, 0.4) is 0 Å². The first-order chi connectivity index (χ1) is 16.4. The normalized spacial score (nSPS) is 11.1. The van der Waals surface area contributed by atoms with E-state index in [4.69, 9.17) is 46.4 Å². The van der Waals surface area contributed by atoms with Crippen molar-refractivity contribution >= 4 is 92.5 Å². The molecule has 0 aliphatic heterocycles. The highest BCUT2D eigenvalue weighted by Crippen LogP contribution is 2.32. The van der Waals surface area contributed by atoms with Gasteiger partial charge in [-0.15, -0.1) is 0 Å². The monoisotopic (exact) mass is 547 g/mol. The molecular formula is C22H13Cl4N7S. The van der Waals surface area contributed by atoms with Crippen LogP contribution < -0.4 is 10.6 Å². The van der Waals surface area contributed by atoms with E-state index in [0.29, 0.717) is 41.8 Å². The van der Waals surface area contributed by atoms with Crippen LogP contribution in [0, 0.1) is 0 Å². The molecule has 2 aromatic heterocycles. The molecule has 0 saturated heterocycles. The number of aromatic amines is 1. The summed E-state index contributed by atoms with van der Waals surface area (Å²) in [5, 5.41) is 9.16. The number of para-hydroxylation sites is 2. The molecule has 0 saturated carbocycles. The SMILES string of the molecule is Clc1ccc(Cl)c(Nc2nc(Nc3cc(Cl)ccc3Cl)nc(Sc3nc4ccccc4[nH]3)n2)c1. The average molecular weight is 549 g/mol. The lowest BCUT2D eigenvalue weighted by molar-refractivity contribution is 0.913. The molecule has 0 amide bonds. The summed E-state index contributed by atoms with van der Waals surface area (Å²) in [5.41, 5.74) is 2.85. The van der Waals surface area contributed by atoms with Crippen LogP contribution in [0.2, 0.25) is 20.1 Å². The number of hydrogen-bond donors (Lipinski definition) is 3. The van der Waals surface area contributed by atoms with Gasteiger partial charge in [-0.3, -0.25) is 0 Å². The van der Waals surface area contributed by atoms with E-state index in [1.807, 2.05) is 24.3 Å². The van der Waals surface area contributed by atoms with Gasteiger partial charge in [0.2, 0.25) is 17.1 Å². The number of anilines is 4. The van der Waals surface area contributed by atoms with Crippen molar-refractivity contribution in [2.75, 3.05) is 10.6 Å². The molecule has 0 unspecified atom stereocenters. The Labute approximate surface area is 218 Å². The lowest BCUT2D eigenvalue weighted by Gasteiger charge is -2.12. The molecule has 5 rings (SSSR count). The zero-order valence-corrected chi connectivity index (χ0v) is 20.8. The second-order valence-corrected chi connectivity index (χ2v) is 9.57. The maximum absolute atomic E-state index is 6.31. The van der Waals surface area contributed by atoms with E-state index < -0.39 is 0 Å². The van der Waals surface area contributed by atoms with E-state index in [9.17, 15) is 0 Å². The highest BCUT2D eigenvalue weighted by molar-refractivity contribution is 7.99. The molecule has 3 aromatic carbocycles. The van der Waals surface area contributed by atoms with Gasteiger partial charge in [-0.25, -0.2) is 4.98 Å². The first-order valence-electron chi connectivity index (χ1n) is 9.76. The highest BCUT2D eigenvalue weighted by atomic mass is 35.5. The molecule has 3 N–H and O–H groups in total. The van der Waals surface area contributed by atoms with Crippen LogP contribution in [0.4, 0.5) is 23.3 Å². The molecule has 2 heterocycles. The van der Waals surface area contributed by atoms with Gasteiger partial charge in [0.25, 0.3) is 0 Å². The molecular weight excluding hydrogens is 536 g/mol. The maximum Gasteiger partial charge on any atom is 0.233 e. The minimum absolute atomic E-state index is 0.249. The molecule has 7 nitrogen and oxygen atoms in total. The molecule has 0 fully saturated rings. The molecule has 12 heteroatoms. The van der Waals surface area contributed by atoms with E-state index in [-0.39, 0.29) is 11.9 Å².